The molecule has 32 heavy (non-hydrogen) atoms. The first-order chi connectivity index (χ1) is 15.1. The van der Waals surface area contributed by atoms with Gasteiger partial charge < -0.3 is 29.0 Å². The zero-order valence-corrected chi connectivity index (χ0v) is 21.1. The Morgan fingerprint density at radius 1 is 1.25 bits per heavy atom. The molecule has 0 saturated carbocycles. The Kier molecular flexibility index (Phi) is 8.27. The number of nitrogens with zero attached hydrogens (tertiary/aromatic N) is 3. The van der Waals surface area contributed by atoms with Crippen molar-refractivity contribution in [3.05, 3.63) is 47.4 Å². The minimum absolute atomic E-state index is 0. The topological polar surface area (TPSA) is 79.5 Å². The van der Waals surface area contributed by atoms with Crippen molar-refractivity contribution in [1.29, 1.82) is 0 Å². The highest BCUT2D eigenvalue weighted by atomic mass is 127. The van der Waals surface area contributed by atoms with Crippen LogP contribution in [0.3, 0.4) is 0 Å². The van der Waals surface area contributed by atoms with Crippen LogP contribution in [0.4, 0.5) is 0 Å². The maximum Gasteiger partial charge on any atom is 0.289 e. The largest absolute Gasteiger partial charge is 0.496 e. The Morgan fingerprint density at radius 3 is 2.66 bits per heavy atom. The van der Waals surface area contributed by atoms with Crippen LogP contribution in [0, 0.1) is 0 Å². The Labute approximate surface area is 206 Å². The fraction of sp³-hybridized carbons (Fsp3) is 0.478. The Bertz CT molecular complexity index is 940. The van der Waals surface area contributed by atoms with Gasteiger partial charge in [0.2, 0.25) is 0 Å². The van der Waals surface area contributed by atoms with Crippen molar-refractivity contribution in [2.24, 2.45) is 4.99 Å². The van der Waals surface area contributed by atoms with E-state index in [1.54, 1.807) is 19.2 Å². The summed E-state index contributed by atoms with van der Waals surface area (Å²) in [7, 11) is 1.69. The number of guanidine groups is 1. The number of aliphatic imine (C=N–C) groups is 1. The number of hydrogen-bond acceptors (Lipinski definition) is 5. The van der Waals surface area contributed by atoms with Crippen LogP contribution in [0.15, 0.2) is 39.9 Å². The molecular formula is C23H31IN4O4. The van der Waals surface area contributed by atoms with Crippen LogP contribution in [-0.2, 0) is 13.0 Å². The van der Waals surface area contributed by atoms with Gasteiger partial charge in [0.1, 0.15) is 17.6 Å². The number of piperazine rings is 1. The van der Waals surface area contributed by atoms with Crippen molar-refractivity contribution < 1.29 is 18.7 Å². The number of carbonyl (C=O) groups excluding carboxylic acids is 1. The van der Waals surface area contributed by atoms with Gasteiger partial charge in [0.25, 0.3) is 5.91 Å². The summed E-state index contributed by atoms with van der Waals surface area (Å²) >= 11 is 0. The lowest BCUT2D eigenvalue weighted by atomic mass is 10.1. The van der Waals surface area contributed by atoms with Crippen LogP contribution in [0.2, 0.25) is 0 Å². The van der Waals surface area contributed by atoms with Gasteiger partial charge in [-0.2, -0.15) is 0 Å². The molecule has 0 spiro atoms. The molecule has 4 rings (SSSR count). The Morgan fingerprint density at radius 2 is 2.00 bits per heavy atom. The van der Waals surface area contributed by atoms with Gasteiger partial charge in [-0.25, -0.2) is 4.99 Å². The predicted octanol–water partition coefficient (Wildman–Crippen LogP) is 3.15. The lowest BCUT2D eigenvalue weighted by Crippen LogP contribution is -2.53. The third-order valence-electron chi connectivity index (χ3n) is 5.63. The smallest absolute Gasteiger partial charge is 0.289 e. The molecule has 0 aliphatic carbocycles. The summed E-state index contributed by atoms with van der Waals surface area (Å²) in [5.41, 5.74) is 2.18. The van der Waals surface area contributed by atoms with Crippen LogP contribution in [0.1, 0.15) is 35.5 Å². The highest BCUT2D eigenvalue weighted by Crippen LogP contribution is 2.35. The van der Waals surface area contributed by atoms with E-state index in [-0.39, 0.29) is 36.0 Å². The van der Waals surface area contributed by atoms with Gasteiger partial charge in [0.15, 0.2) is 11.7 Å². The van der Waals surface area contributed by atoms with Crippen molar-refractivity contribution in [2.45, 2.75) is 32.9 Å². The molecule has 0 radical (unpaired) electrons. The van der Waals surface area contributed by atoms with Crippen LogP contribution in [-0.4, -0.2) is 67.6 Å². The molecule has 0 bridgehead atoms. The fourth-order valence-corrected chi connectivity index (χ4v) is 4.06. The number of hydrogen-bond donors (Lipinski definition) is 1. The summed E-state index contributed by atoms with van der Waals surface area (Å²) in [5.74, 6) is 2.92. The average Bonchev–Trinajstić information content (AvgIpc) is 3.44. The zero-order valence-electron chi connectivity index (χ0n) is 18.8. The van der Waals surface area contributed by atoms with E-state index in [9.17, 15) is 4.79 Å². The first-order valence-corrected chi connectivity index (χ1v) is 10.8. The number of benzene rings is 1. The van der Waals surface area contributed by atoms with Crippen LogP contribution in [0.25, 0.3) is 0 Å². The Hall–Kier alpha value is -2.43. The predicted molar refractivity (Wildman–Crippen MR) is 133 cm³/mol. The van der Waals surface area contributed by atoms with Gasteiger partial charge in [-0.15, -0.1) is 24.0 Å². The number of nitrogens with one attached hydrogen (secondary N) is 1. The summed E-state index contributed by atoms with van der Waals surface area (Å²) in [4.78, 5) is 21.4. The number of fused-ring (bicyclic) bond motifs is 1. The molecule has 1 aromatic heterocycles. The quantitative estimate of drug-likeness (QED) is 0.348. The molecule has 2 aromatic rings. The molecule has 174 valence electrons. The number of amides is 1. The summed E-state index contributed by atoms with van der Waals surface area (Å²) in [6, 6.07) is 7.55. The second-order valence-electron chi connectivity index (χ2n) is 7.83. The minimum atomic E-state index is -0.0660. The van der Waals surface area contributed by atoms with E-state index in [0.29, 0.717) is 38.5 Å². The number of methoxy groups -OCH3 is 1. The van der Waals surface area contributed by atoms with E-state index in [1.807, 2.05) is 11.0 Å². The molecule has 1 aromatic carbocycles. The van der Waals surface area contributed by atoms with Crippen LogP contribution >= 0.6 is 24.0 Å². The molecule has 2 aliphatic heterocycles. The molecule has 1 atom stereocenters. The summed E-state index contributed by atoms with van der Waals surface area (Å²) in [6.45, 7) is 8.05. The highest BCUT2D eigenvalue weighted by molar-refractivity contribution is 14.0. The normalized spacial score (nSPS) is 18.0. The second-order valence-corrected chi connectivity index (χ2v) is 7.83. The summed E-state index contributed by atoms with van der Waals surface area (Å²) in [5, 5.41) is 3.37. The molecule has 1 N–H and O–H groups in total. The number of ether oxygens (including phenoxy) is 2. The Balaban J connectivity index is 0.00000289. The SMILES string of the molecule is CCNC(=NCc1cc2c(cc1OC)CC(C)O2)N1CCN(C(=O)c2ccco2)CC1.I. The molecule has 1 saturated heterocycles. The lowest BCUT2D eigenvalue weighted by molar-refractivity contribution is 0.0657. The third kappa shape index (κ3) is 5.31. The van der Waals surface area contributed by atoms with E-state index in [4.69, 9.17) is 18.9 Å². The first kappa shape index (κ1) is 24.2. The van der Waals surface area contributed by atoms with Crippen molar-refractivity contribution >= 4 is 35.8 Å². The molecule has 1 unspecified atom stereocenters. The maximum atomic E-state index is 12.5. The average molecular weight is 554 g/mol. The van der Waals surface area contributed by atoms with Gasteiger partial charge in [-0.3, -0.25) is 4.79 Å². The fourth-order valence-electron chi connectivity index (χ4n) is 4.06. The van der Waals surface area contributed by atoms with E-state index in [2.05, 4.69) is 30.1 Å². The second kappa shape index (κ2) is 10.9. The number of rotatable bonds is 5. The van der Waals surface area contributed by atoms with Gasteiger partial charge >= 0.3 is 0 Å². The van der Waals surface area contributed by atoms with Crippen molar-refractivity contribution in [2.75, 3.05) is 39.8 Å². The van der Waals surface area contributed by atoms with Crippen LogP contribution < -0.4 is 14.8 Å². The van der Waals surface area contributed by atoms with Crippen molar-refractivity contribution in [1.82, 2.24) is 15.1 Å². The summed E-state index contributed by atoms with van der Waals surface area (Å²) < 4.78 is 16.8. The third-order valence-corrected chi connectivity index (χ3v) is 5.63. The van der Waals surface area contributed by atoms with E-state index < -0.39 is 0 Å². The molecular weight excluding hydrogens is 523 g/mol. The first-order valence-electron chi connectivity index (χ1n) is 10.8. The van der Waals surface area contributed by atoms with E-state index >= 15 is 0 Å². The molecule has 2 aliphatic rings. The monoisotopic (exact) mass is 554 g/mol. The standard InChI is InChI=1S/C23H30N4O4.HI/c1-4-24-23(27-9-7-26(8-10-27)22(28)19-6-5-11-30-19)25-15-18-14-21-17(12-16(2)31-21)13-20(18)29-3;/h5-6,11,13-14,16H,4,7-10,12,15H2,1-3H3,(H,24,25);1H. The van der Waals surface area contributed by atoms with Gasteiger partial charge in [-0.05, 0) is 38.1 Å². The van der Waals surface area contributed by atoms with Crippen molar-refractivity contribution in [3.63, 3.8) is 0 Å². The van der Waals surface area contributed by atoms with Gasteiger partial charge in [0, 0.05) is 50.3 Å². The number of furan rings is 1. The summed E-state index contributed by atoms with van der Waals surface area (Å²) in [6.07, 6.45) is 2.62. The van der Waals surface area contributed by atoms with Gasteiger partial charge in [0.05, 0.1) is 19.9 Å². The molecule has 9 heteroatoms. The van der Waals surface area contributed by atoms with E-state index in [0.717, 1.165) is 36.0 Å². The number of carbonyl (C=O) groups is 1. The minimum Gasteiger partial charge on any atom is -0.496 e. The highest BCUT2D eigenvalue weighted by Gasteiger charge is 2.26. The van der Waals surface area contributed by atoms with Crippen molar-refractivity contribution in [3.8, 4) is 11.5 Å². The molecule has 3 heterocycles. The van der Waals surface area contributed by atoms with Crippen LogP contribution in [0.5, 0.6) is 11.5 Å². The molecule has 1 amide bonds. The van der Waals surface area contributed by atoms with E-state index in [1.165, 1.54) is 11.8 Å². The molecule has 1 fully saturated rings. The molecule has 8 nitrogen and oxygen atoms in total. The lowest BCUT2D eigenvalue weighted by Gasteiger charge is -2.36. The van der Waals surface area contributed by atoms with Gasteiger partial charge in [-0.1, -0.05) is 0 Å². The number of halogens is 1. The maximum absolute atomic E-state index is 12.5. The zero-order chi connectivity index (χ0) is 21.8.